The van der Waals surface area contributed by atoms with Crippen LogP contribution in [0.15, 0.2) is 22.3 Å². The summed E-state index contributed by atoms with van der Waals surface area (Å²) in [5.41, 5.74) is 0. The van der Waals surface area contributed by atoms with Crippen molar-refractivity contribution in [1.29, 1.82) is 0 Å². The zero-order chi connectivity index (χ0) is 26.8. The van der Waals surface area contributed by atoms with Crippen LogP contribution in [0.25, 0.3) is 0 Å². The number of ether oxygens (including phenoxy) is 1. The fourth-order valence-corrected chi connectivity index (χ4v) is 19.8. The van der Waals surface area contributed by atoms with Crippen molar-refractivity contribution in [1.82, 2.24) is 5.32 Å². The van der Waals surface area contributed by atoms with Crippen LogP contribution in [-0.4, -0.2) is 42.9 Å². The van der Waals surface area contributed by atoms with E-state index in [0.717, 1.165) is 32.1 Å². The Morgan fingerprint density at radius 1 is 0.944 bits per heavy atom. The second kappa shape index (κ2) is 19.3. The van der Waals surface area contributed by atoms with Gasteiger partial charge in [-0.2, -0.15) is 0 Å². The summed E-state index contributed by atoms with van der Waals surface area (Å²) in [5, 5.41) is 3.06. The van der Waals surface area contributed by atoms with Crippen LogP contribution in [0, 0.1) is 17.8 Å². The summed E-state index contributed by atoms with van der Waals surface area (Å²) < 4.78 is 12.9. The fraction of sp³-hybridized carbons (Fsp3) is 0.806. The maximum atomic E-state index is 12.6. The fourth-order valence-electron chi connectivity index (χ4n) is 5.45. The Hall–Kier alpha value is -0.781. The van der Waals surface area contributed by atoms with Gasteiger partial charge < -0.3 is 0 Å². The first-order valence-corrected chi connectivity index (χ1v) is 22.9. The molecule has 208 valence electrons. The molecule has 0 aromatic rings. The van der Waals surface area contributed by atoms with Gasteiger partial charge in [-0.05, 0) is 12.8 Å². The molecule has 1 rings (SSSR count). The number of unbranched alkanes of at least 4 members (excludes halogenated alkanes) is 3. The van der Waals surface area contributed by atoms with Gasteiger partial charge in [0.15, 0.2) is 0 Å². The number of amides is 1. The van der Waals surface area contributed by atoms with Gasteiger partial charge in [0.2, 0.25) is 0 Å². The number of hydrogen-bond acceptors (Lipinski definition) is 3. The summed E-state index contributed by atoms with van der Waals surface area (Å²) >= 11 is -2.29. The van der Waals surface area contributed by atoms with Crippen molar-refractivity contribution in [2.45, 2.75) is 132 Å². The Morgan fingerprint density at radius 2 is 1.50 bits per heavy atom. The minimum absolute atomic E-state index is 0.00702. The number of carbonyl (C=O) groups excluding carboxylic acids is 2. The monoisotopic (exact) mass is 611 g/mol. The van der Waals surface area contributed by atoms with Gasteiger partial charge in [-0.1, -0.05) is 12.8 Å². The maximum absolute atomic E-state index is 12.6. The third kappa shape index (κ3) is 12.6. The van der Waals surface area contributed by atoms with Crippen LogP contribution in [0.5, 0.6) is 0 Å². The Kier molecular flexibility index (Phi) is 17.8. The van der Waals surface area contributed by atoms with Gasteiger partial charge in [0, 0.05) is 0 Å². The molecule has 1 fully saturated rings. The summed E-state index contributed by atoms with van der Waals surface area (Å²) in [4.78, 5) is 25.2. The van der Waals surface area contributed by atoms with E-state index in [2.05, 4.69) is 57.0 Å². The molecule has 36 heavy (non-hydrogen) atoms. The van der Waals surface area contributed by atoms with Gasteiger partial charge in [-0.3, -0.25) is 0 Å². The van der Waals surface area contributed by atoms with Crippen LogP contribution in [0.2, 0.25) is 13.3 Å². The second-order valence-corrected chi connectivity index (χ2v) is 24.3. The predicted molar refractivity (Wildman–Crippen MR) is 157 cm³/mol. The quantitative estimate of drug-likeness (QED) is 0.0908. The Morgan fingerprint density at radius 3 is 2.00 bits per heavy atom. The van der Waals surface area contributed by atoms with Crippen LogP contribution in [0.3, 0.4) is 0 Å². The van der Waals surface area contributed by atoms with Crippen LogP contribution in [0.1, 0.15) is 112 Å². The second-order valence-electron chi connectivity index (χ2n) is 11.3. The SMILES string of the molecule is CCC[CH2][Sn](/[CH]=C/CNC(=O)/C=C/[C@@H](C)[C@H](OC(=O)C1CCCC1)[C@@H](C)CC)([CH2]CCC)[CH2]CCC. The molecule has 0 radical (unpaired) electrons. The molecule has 3 atom stereocenters. The van der Waals surface area contributed by atoms with E-state index in [4.69, 9.17) is 4.74 Å². The van der Waals surface area contributed by atoms with E-state index in [-0.39, 0.29) is 35.7 Å². The van der Waals surface area contributed by atoms with E-state index in [1.807, 2.05) is 6.08 Å². The first-order valence-electron chi connectivity index (χ1n) is 15.2. The summed E-state index contributed by atoms with van der Waals surface area (Å²) in [6, 6.07) is 0. The molecule has 1 N–H and O–H groups in total. The van der Waals surface area contributed by atoms with Crippen LogP contribution in [-0.2, 0) is 14.3 Å². The van der Waals surface area contributed by atoms with Gasteiger partial charge in [0.25, 0.3) is 0 Å². The molecule has 0 heterocycles. The number of rotatable bonds is 19. The van der Waals surface area contributed by atoms with Gasteiger partial charge in [0.1, 0.15) is 0 Å². The summed E-state index contributed by atoms with van der Waals surface area (Å²) in [6.07, 6.45) is 18.6. The van der Waals surface area contributed by atoms with E-state index in [1.54, 1.807) is 6.08 Å². The third-order valence-electron chi connectivity index (χ3n) is 8.17. The predicted octanol–water partition coefficient (Wildman–Crippen LogP) is 8.39. The van der Waals surface area contributed by atoms with Crippen molar-refractivity contribution in [2.24, 2.45) is 17.8 Å². The molecule has 0 saturated heterocycles. The van der Waals surface area contributed by atoms with Crippen LogP contribution in [0.4, 0.5) is 0 Å². The molecule has 1 amide bonds. The normalized spacial score (nSPS) is 17.5. The Bertz CT molecular complexity index is 647. The summed E-state index contributed by atoms with van der Waals surface area (Å²) in [5.74, 6) is 0.223. The van der Waals surface area contributed by atoms with E-state index in [0.29, 0.717) is 6.54 Å². The van der Waals surface area contributed by atoms with Crippen molar-refractivity contribution in [3.05, 3.63) is 22.3 Å². The minimum atomic E-state index is -2.29. The van der Waals surface area contributed by atoms with Crippen LogP contribution < -0.4 is 5.32 Å². The molecule has 0 unspecified atom stereocenters. The van der Waals surface area contributed by atoms with Crippen molar-refractivity contribution >= 4 is 30.3 Å². The molecule has 1 saturated carbocycles. The molecule has 0 spiro atoms. The van der Waals surface area contributed by atoms with Gasteiger partial charge in [-0.25, -0.2) is 0 Å². The average Bonchev–Trinajstić information content (AvgIpc) is 3.43. The van der Waals surface area contributed by atoms with Crippen molar-refractivity contribution in [2.75, 3.05) is 6.54 Å². The van der Waals surface area contributed by atoms with Crippen molar-refractivity contribution < 1.29 is 14.3 Å². The van der Waals surface area contributed by atoms with E-state index in [9.17, 15) is 9.59 Å². The average molecular weight is 611 g/mol. The molecular formula is C31H57NO3Sn. The Labute approximate surface area is 227 Å². The molecule has 5 heteroatoms. The molecular weight excluding hydrogens is 553 g/mol. The zero-order valence-electron chi connectivity index (χ0n) is 24.5. The number of hydrogen-bond donors (Lipinski definition) is 1. The zero-order valence-corrected chi connectivity index (χ0v) is 27.3. The van der Waals surface area contributed by atoms with Crippen molar-refractivity contribution in [3.63, 3.8) is 0 Å². The molecule has 1 aliphatic carbocycles. The van der Waals surface area contributed by atoms with Gasteiger partial charge in [0.05, 0.1) is 0 Å². The first kappa shape index (κ1) is 33.2. The number of nitrogens with one attached hydrogen (secondary N) is 1. The molecule has 0 aliphatic heterocycles. The molecule has 1 aliphatic rings. The first-order chi connectivity index (χ1) is 17.3. The number of esters is 1. The Balaban J connectivity index is 2.69. The van der Waals surface area contributed by atoms with E-state index >= 15 is 0 Å². The molecule has 0 aromatic carbocycles. The standard InChI is InChI=1S/C19H30NO3.3C4H9.Sn/c1-5-13-20-17(21)12-11-15(4)18(14(3)6-2)23-19(22)16-9-7-8-10-16;3*1-3-4-2;/h1,5,11-12,14-16,18H,6-10,13H2,2-4H3,(H,20,21);3*1,3-4H2,2H3;/b5-1?,12-11+;;;;/t14-,15+,18+;;;;/m0..../s1. The molecule has 0 bridgehead atoms. The topological polar surface area (TPSA) is 55.4 Å². The number of carbonyl (C=O) groups is 2. The van der Waals surface area contributed by atoms with Crippen LogP contribution >= 0.6 is 0 Å². The van der Waals surface area contributed by atoms with E-state index < -0.39 is 18.4 Å². The summed E-state index contributed by atoms with van der Waals surface area (Å²) in [7, 11) is 0. The van der Waals surface area contributed by atoms with Gasteiger partial charge >= 0.3 is 202 Å². The van der Waals surface area contributed by atoms with Crippen molar-refractivity contribution in [3.8, 4) is 0 Å². The van der Waals surface area contributed by atoms with E-state index in [1.165, 1.54) is 51.8 Å². The molecule has 0 aromatic heterocycles. The van der Waals surface area contributed by atoms with Gasteiger partial charge in [-0.15, -0.1) is 0 Å². The summed E-state index contributed by atoms with van der Waals surface area (Å²) in [6.45, 7) is 13.8. The molecule has 4 nitrogen and oxygen atoms in total. The third-order valence-corrected chi connectivity index (χ3v) is 22.4.